The molecule has 0 atom stereocenters. The van der Waals surface area contributed by atoms with E-state index in [1.165, 1.54) is 0 Å². The molecule has 0 fully saturated rings. The summed E-state index contributed by atoms with van der Waals surface area (Å²) in [6.07, 6.45) is 1.70. The molecule has 0 unspecified atom stereocenters. The van der Waals surface area contributed by atoms with Gasteiger partial charge in [-0.25, -0.2) is 0 Å². The lowest BCUT2D eigenvalue weighted by Gasteiger charge is -2.15. The van der Waals surface area contributed by atoms with Crippen molar-refractivity contribution in [2.24, 2.45) is 7.05 Å². The Morgan fingerprint density at radius 2 is 2.04 bits per heavy atom. The predicted octanol–water partition coefficient (Wildman–Crippen LogP) is 2.87. The van der Waals surface area contributed by atoms with Gasteiger partial charge in [0, 0.05) is 26.4 Å². The first kappa shape index (κ1) is 17.6. The maximum atomic E-state index is 12.5. The molecule has 2 heterocycles. The SMILES string of the molecule is COc1cccc(OCc2ccc(C(=O)N(C)Cc3ccnn3C)o2)c1. The topological polar surface area (TPSA) is 69.7 Å². The Bertz CT molecular complexity index is 884. The third-order valence-corrected chi connectivity index (χ3v) is 3.96. The molecule has 3 rings (SSSR count). The van der Waals surface area contributed by atoms with E-state index in [1.807, 2.05) is 31.3 Å². The van der Waals surface area contributed by atoms with Gasteiger partial charge >= 0.3 is 0 Å². The standard InChI is InChI=1S/C19H21N3O4/c1-21(12-14-9-10-20-22(14)2)19(23)18-8-7-17(26-18)13-25-16-6-4-5-15(11-16)24-3/h4-11H,12-13H2,1-3H3. The van der Waals surface area contributed by atoms with E-state index < -0.39 is 0 Å². The van der Waals surface area contributed by atoms with E-state index in [0.717, 1.165) is 11.4 Å². The van der Waals surface area contributed by atoms with Crippen molar-refractivity contribution >= 4 is 5.91 Å². The Hall–Kier alpha value is -3.22. The number of nitrogens with zero attached hydrogens (tertiary/aromatic N) is 3. The largest absolute Gasteiger partial charge is 0.497 e. The zero-order valence-electron chi connectivity index (χ0n) is 15.0. The number of hydrogen-bond acceptors (Lipinski definition) is 5. The molecule has 0 saturated heterocycles. The molecule has 0 radical (unpaired) electrons. The van der Waals surface area contributed by atoms with E-state index in [9.17, 15) is 4.79 Å². The van der Waals surface area contributed by atoms with Crippen LogP contribution in [-0.2, 0) is 20.2 Å². The molecule has 26 heavy (non-hydrogen) atoms. The van der Waals surface area contributed by atoms with Gasteiger partial charge in [0.05, 0.1) is 19.3 Å². The number of hydrogen-bond donors (Lipinski definition) is 0. The summed E-state index contributed by atoms with van der Waals surface area (Å²) in [5.74, 6) is 2.04. The maximum absolute atomic E-state index is 12.5. The van der Waals surface area contributed by atoms with Crippen LogP contribution in [0.1, 0.15) is 22.0 Å². The minimum Gasteiger partial charge on any atom is -0.497 e. The third-order valence-electron chi connectivity index (χ3n) is 3.96. The molecule has 136 valence electrons. The number of amides is 1. The van der Waals surface area contributed by atoms with Crippen LogP contribution < -0.4 is 9.47 Å². The summed E-state index contributed by atoms with van der Waals surface area (Å²) >= 11 is 0. The first-order chi connectivity index (χ1) is 12.6. The van der Waals surface area contributed by atoms with Gasteiger partial charge in [-0.3, -0.25) is 9.48 Å². The summed E-state index contributed by atoms with van der Waals surface area (Å²) in [5, 5.41) is 4.10. The monoisotopic (exact) mass is 355 g/mol. The summed E-state index contributed by atoms with van der Waals surface area (Å²) < 4.78 is 18.2. The Balaban J connectivity index is 1.59. The second kappa shape index (κ2) is 7.77. The molecule has 0 spiro atoms. The molecule has 0 bridgehead atoms. The molecule has 3 aromatic rings. The molecule has 1 amide bonds. The predicted molar refractivity (Wildman–Crippen MR) is 95.0 cm³/mol. The van der Waals surface area contributed by atoms with Crippen LogP contribution in [0.2, 0.25) is 0 Å². The Labute approximate surface area is 151 Å². The van der Waals surface area contributed by atoms with Crippen LogP contribution in [-0.4, -0.2) is 34.7 Å². The van der Waals surface area contributed by atoms with Crippen LogP contribution in [0.5, 0.6) is 11.5 Å². The number of aryl methyl sites for hydroxylation is 1. The van der Waals surface area contributed by atoms with Gasteiger partial charge in [-0.05, 0) is 30.3 Å². The maximum Gasteiger partial charge on any atom is 0.289 e. The summed E-state index contributed by atoms with van der Waals surface area (Å²) in [7, 11) is 5.17. The minimum absolute atomic E-state index is 0.196. The highest BCUT2D eigenvalue weighted by atomic mass is 16.5. The van der Waals surface area contributed by atoms with Crippen molar-refractivity contribution in [1.29, 1.82) is 0 Å². The molecular weight excluding hydrogens is 334 g/mol. The molecule has 0 N–H and O–H groups in total. The second-order valence-corrected chi connectivity index (χ2v) is 5.84. The van der Waals surface area contributed by atoms with Crippen molar-refractivity contribution in [3.63, 3.8) is 0 Å². The number of methoxy groups -OCH3 is 1. The van der Waals surface area contributed by atoms with E-state index in [1.54, 1.807) is 48.1 Å². The highest BCUT2D eigenvalue weighted by molar-refractivity contribution is 5.91. The summed E-state index contributed by atoms with van der Waals surface area (Å²) in [4.78, 5) is 14.1. The molecule has 0 saturated carbocycles. The number of ether oxygens (including phenoxy) is 2. The van der Waals surface area contributed by atoms with Gasteiger partial charge in [0.15, 0.2) is 5.76 Å². The minimum atomic E-state index is -0.196. The normalized spacial score (nSPS) is 10.6. The molecule has 0 aliphatic rings. The summed E-state index contributed by atoms with van der Waals surface area (Å²) in [6, 6.07) is 12.6. The van der Waals surface area contributed by atoms with Gasteiger partial charge in [0.1, 0.15) is 23.9 Å². The summed E-state index contributed by atoms with van der Waals surface area (Å²) in [5.41, 5.74) is 0.939. The average molecular weight is 355 g/mol. The van der Waals surface area contributed by atoms with Crippen molar-refractivity contribution in [3.8, 4) is 11.5 Å². The number of furan rings is 1. The quantitative estimate of drug-likeness (QED) is 0.652. The van der Waals surface area contributed by atoms with Gasteiger partial charge in [0.25, 0.3) is 5.91 Å². The van der Waals surface area contributed by atoms with Crippen LogP contribution in [0.4, 0.5) is 0 Å². The zero-order chi connectivity index (χ0) is 18.5. The lowest BCUT2D eigenvalue weighted by atomic mass is 10.3. The Morgan fingerprint density at radius 3 is 2.77 bits per heavy atom. The fraction of sp³-hybridized carbons (Fsp3) is 0.263. The number of rotatable bonds is 7. The van der Waals surface area contributed by atoms with Crippen molar-refractivity contribution in [2.75, 3.05) is 14.2 Å². The number of carbonyl (C=O) groups is 1. The van der Waals surface area contributed by atoms with E-state index >= 15 is 0 Å². The van der Waals surface area contributed by atoms with Gasteiger partial charge in [-0.1, -0.05) is 6.07 Å². The molecular formula is C19H21N3O4. The number of carbonyl (C=O) groups excluding carboxylic acids is 1. The summed E-state index contributed by atoms with van der Waals surface area (Å²) in [6.45, 7) is 0.678. The molecule has 1 aromatic carbocycles. The van der Waals surface area contributed by atoms with Gasteiger partial charge in [-0.15, -0.1) is 0 Å². The highest BCUT2D eigenvalue weighted by Gasteiger charge is 2.17. The Kier molecular flexibility index (Phi) is 5.26. The highest BCUT2D eigenvalue weighted by Crippen LogP contribution is 2.20. The van der Waals surface area contributed by atoms with E-state index in [0.29, 0.717) is 18.1 Å². The molecule has 7 heteroatoms. The Morgan fingerprint density at radius 1 is 1.23 bits per heavy atom. The van der Waals surface area contributed by atoms with E-state index in [4.69, 9.17) is 13.9 Å². The second-order valence-electron chi connectivity index (χ2n) is 5.84. The van der Waals surface area contributed by atoms with Crippen molar-refractivity contribution in [2.45, 2.75) is 13.2 Å². The lowest BCUT2D eigenvalue weighted by molar-refractivity contribution is 0.0746. The number of benzene rings is 1. The van der Waals surface area contributed by atoms with Gasteiger partial charge in [0.2, 0.25) is 0 Å². The van der Waals surface area contributed by atoms with Gasteiger partial charge in [-0.2, -0.15) is 5.10 Å². The number of aromatic nitrogens is 2. The molecule has 0 aliphatic carbocycles. The lowest BCUT2D eigenvalue weighted by Crippen LogP contribution is -2.26. The first-order valence-corrected chi connectivity index (χ1v) is 8.14. The molecule has 0 aliphatic heterocycles. The first-order valence-electron chi connectivity index (χ1n) is 8.14. The van der Waals surface area contributed by atoms with Crippen LogP contribution in [0.25, 0.3) is 0 Å². The van der Waals surface area contributed by atoms with Crippen molar-refractivity contribution in [1.82, 2.24) is 14.7 Å². The van der Waals surface area contributed by atoms with E-state index in [-0.39, 0.29) is 18.3 Å². The van der Waals surface area contributed by atoms with Crippen molar-refractivity contribution in [3.05, 3.63) is 65.9 Å². The fourth-order valence-electron chi connectivity index (χ4n) is 2.48. The third kappa shape index (κ3) is 4.05. The van der Waals surface area contributed by atoms with Crippen LogP contribution >= 0.6 is 0 Å². The van der Waals surface area contributed by atoms with Crippen LogP contribution in [0.3, 0.4) is 0 Å². The van der Waals surface area contributed by atoms with Crippen LogP contribution in [0.15, 0.2) is 53.1 Å². The zero-order valence-corrected chi connectivity index (χ0v) is 15.0. The average Bonchev–Trinajstić information content (AvgIpc) is 3.29. The van der Waals surface area contributed by atoms with E-state index in [2.05, 4.69) is 5.10 Å². The van der Waals surface area contributed by atoms with Crippen LogP contribution in [0, 0.1) is 0 Å². The smallest absolute Gasteiger partial charge is 0.289 e. The molecule has 2 aromatic heterocycles. The fourth-order valence-corrected chi connectivity index (χ4v) is 2.48. The van der Waals surface area contributed by atoms with Gasteiger partial charge < -0.3 is 18.8 Å². The molecule has 7 nitrogen and oxygen atoms in total. The van der Waals surface area contributed by atoms with Crippen molar-refractivity contribution < 1.29 is 18.7 Å².